The van der Waals surface area contributed by atoms with E-state index in [1.54, 1.807) is 0 Å². The highest BCUT2D eigenvalue weighted by Crippen LogP contribution is 2.29. The van der Waals surface area contributed by atoms with Crippen molar-refractivity contribution in [2.24, 2.45) is 0 Å². The number of nitro groups is 1. The van der Waals surface area contributed by atoms with Crippen molar-refractivity contribution in [1.82, 2.24) is 9.78 Å². The lowest BCUT2D eigenvalue weighted by Gasteiger charge is -2.04. The number of benzene rings is 1. The van der Waals surface area contributed by atoms with Gasteiger partial charge in [-0.25, -0.2) is 9.48 Å². The van der Waals surface area contributed by atoms with Gasteiger partial charge in [-0.3, -0.25) is 10.1 Å². The summed E-state index contributed by atoms with van der Waals surface area (Å²) in [6.07, 6.45) is 1.05. The predicted octanol–water partition coefficient (Wildman–Crippen LogP) is 1.19. The van der Waals surface area contributed by atoms with E-state index >= 15 is 0 Å². The molecule has 2 rings (SSSR count). The third kappa shape index (κ3) is 2.23. The van der Waals surface area contributed by atoms with E-state index in [4.69, 9.17) is 9.84 Å². The molecule has 0 spiro atoms. The SMILES string of the molecule is COc1ccc(-n2cc(O)c(C(=O)O)n2)cc1[N+](=O)[O-]. The molecule has 9 nitrogen and oxygen atoms in total. The molecule has 0 amide bonds. The standard InChI is InChI=1S/C11H9N3O6/c1-20-9-3-2-6(4-7(9)14(18)19)13-5-8(15)10(12-13)11(16)17/h2-5,15H,1H3,(H,16,17). The molecule has 0 aliphatic heterocycles. The highest BCUT2D eigenvalue weighted by atomic mass is 16.6. The Balaban J connectivity index is 2.53. The fourth-order valence-corrected chi connectivity index (χ4v) is 1.61. The molecule has 0 saturated carbocycles. The molecular formula is C11H9N3O6. The number of hydrogen-bond donors (Lipinski definition) is 2. The quantitative estimate of drug-likeness (QED) is 0.635. The van der Waals surface area contributed by atoms with Gasteiger partial charge in [-0.15, -0.1) is 0 Å². The van der Waals surface area contributed by atoms with Crippen LogP contribution in [0.5, 0.6) is 11.5 Å². The van der Waals surface area contributed by atoms with Crippen LogP contribution in [0.15, 0.2) is 24.4 Å². The average Bonchev–Trinajstić information content (AvgIpc) is 2.80. The van der Waals surface area contributed by atoms with Crippen molar-refractivity contribution in [3.63, 3.8) is 0 Å². The molecule has 0 fully saturated rings. The summed E-state index contributed by atoms with van der Waals surface area (Å²) in [7, 11) is 1.30. The maximum Gasteiger partial charge on any atom is 0.360 e. The summed E-state index contributed by atoms with van der Waals surface area (Å²) < 4.78 is 5.88. The van der Waals surface area contributed by atoms with Crippen LogP contribution in [0.25, 0.3) is 5.69 Å². The molecule has 20 heavy (non-hydrogen) atoms. The molecule has 1 heterocycles. The minimum Gasteiger partial charge on any atom is -0.504 e. The largest absolute Gasteiger partial charge is 0.504 e. The summed E-state index contributed by atoms with van der Waals surface area (Å²) in [6.45, 7) is 0. The van der Waals surface area contributed by atoms with Gasteiger partial charge in [0.15, 0.2) is 11.5 Å². The van der Waals surface area contributed by atoms with Gasteiger partial charge in [0.05, 0.1) is 23.9 Å². The number of carboxylic acids is 1. The van der Waals surface area contributed by atoms with Crippen LogP contribution in [0.2, 0.25) is 0 Å². The average molecular weight is 279 g/mol. The minimum absolute atomic E-state index is 0.0635. The van der Waals surface area contributed by atoms with E-state index in [2.05, 4.69) is 5.10 Å². The van der Waals surface area contributed by atoms with E-state index in [1.165, 1.54) is 19.2 Å². The fraction of sp³-hybridized carbons (Fsp3) is 0.0909. The van der Waals surface area contributed by atoms with Gasteiger partial charge < -0.3 is 14.9 Å². The third-order valence-corrected chi connectivity index (χ3v) is 2.52. The number of nitrogens with zero attached hydrogens (tertiary/aromatic N) is 3. The Bertz CT molecular complexity index is 693. The topological polar surface area (TPSA) is 128 Å². The van der Waals surface area contributed by atoms with Crippen molar-refractivity contribution in [2.45, 2.75) is 0 Å². The molecule has 0 atom stereocenters. The summed E-state index contributed by atoms with van der Waals surface area (Å²) in [5, 5.41) is 32.7. The second-order valence-corrected chi connectivity index (χ2v) is 3.73. The molecule has 2 N–H and O–H groups in total. The Morgan fingerprint density at radius 3 is 2.70 bits per heavy atom. The van der Waals surface area contributed by atoms with E-state index < -0.39 is 22.3 Å². The van der Waals surface area contributed by atoms with Gasteiger partial charge in [0, 0.05) is 6.07 Å². The molecule has 104 valence electrons. The lowest BCUT2D eigenvalue weighted by Crippen LogP contribution is -2.02. The second kappa shape index (κ2) is 4.88. The van der Waals surface area contributed by atoms with Gasteiger partial charge in [0.1, 0.15) is 0 Å². The summed E-state index contributed by atoms with van der Waals surface area (Å²) in [6, 6.07) is 3.97. The van der Waals surface area contributed by atoms with Crippen LogP contribution in [-0.2, 0) is 0 Å². The van der Waals surface area contributed by atoms with Crippen LogP contribution >= 0.6 is 0 Å². The Morgan fingerprint density at radius 2 is 2.20 bits per heavy atom. The smallest absolute Gasteiger partial charge is 0.360 e. The van der Waals surface area contributed by atoms with Crippen molar-refractivity contribution in [2.75, 3.05) is 7.11 Å². The highest BCUT2D eigenvalue weighted by molar-refractivity contribution is 5.88. The number of methoxy groups -OCH3 is 1. The molecule has 1 aromatic heterocycles. The lowest BCUT2D eigenvalue weighted by atomic mass is 10.2. The summed E-state index contributed by atoms with van der Waals surface area (Å²) in [4.78, 5) is 21.0. The van der Waals surface area contributed by atoms with E-state index in [0.29, 0.717) is 0 Å². The maximum absolute atomic E-state index is 10.9. The maximum atomic E-state index is 10.9. The van der Waals surface area contributed by atoms with E-state index in [9.17, 15) is 20.0 Å². The predicted molar refractivity (Wildman–Crippen MR) is 65.4 cm³/mol. The third-order valence-electron chi connectivity index (χ3n) is 2.52. The van der Waals surface area contributed by atoms with Crippen LogP contribution in [0, 0.1) is 10.1 Å². The van der Waals surface area contributed by atoms with Gasteiger partial charge in [0.25, 0.3) is 0 Å². The van der Waals surface area contributed by atoms with Gasteiger partial charge in [-0.05, 0) is 12.1 Å². The number of aromatic nitrogens is 2. The van der Waals surface area contributed by atoms with Crippen molar-refractivity contribution in [3.8, 4) is 17.2 Å². The highest BCUT2D eigenvalue weighted by Gasteiger charge is 2.19. The van der Waals surface area contributed by atoms with E-state index in [1.807, 2.05) is 0 Å². The number of hydrogen-bond acceptors (Lipinski definition) is 6. The molecule has 0 unspecified atom stereocenters. The fourth-order valence-electron chi connectivity index (χ4n) is 1.61. The number of rotatable bonds is 4. The number of ether oxygens (including phenoxy) is 1. The molecular weight excluding hydrogens is 270 g/mol. The van der Waals surface area contributed by atoms with E-state index in [-0.39, 0.29) is 17.1 Å². The number of aromatic hydroxyl groups is 1. The molecule has 2 aromatic rings. The van der Waals surface area contributed by atoms with Crippen molar-refractivity contribution in [3.05, 3.63) is 40.2 Å². The molecule has 0 aliphatic carbocycles. The molecule has 9 heteroatoms. The zero-order chi connectivity index (χ0) is 14.9. The first-order valence-electron chi connectivity index (χ1n) is 5.28. The first-order valence-corrected chi connectivity index (χ1v) is 5.28. The molecule has 0 bridgehead atoms. The van der Waals surface area contributed by atoms with Crippen LogP contribution in [0.4, 0.5) is 5.69 Å². The summed E-state index contributed by atoms with van der Waals surface area (Å²) in [5.74, 6) is -1.87. The summed E-state index contributed by atoms with van der Waals surface area (Å²) >= 11 is 0. The zero-order valence-electron chi connectivity index (χ0n) is 10.2. The Kier molecular flexibility index (Phi) is 3.25. The van der Waals surface area contributed by atoms with Crippen LogP contribution < -0.4 is 4.74 Å². The van der Waals surface area contributed by atoms with E-state index in [0.717, 1.165) is 16.9 Å². The minimum atomic E-state index is -1.40. The normalized spacial score (nSPS) is 10.2. The van der Waals surface area contributed by atoms with Crippen molar-refractivity contribution in [1.29, 1.82) is 0 Å². The Labute approximate surface area is 111 Å². The van der Waals surface area contributed by atoms with Crippen molar-refractivity contribution < 1.29 is 24.7 Å². The second-order valence-electron chi connectivity index (χ2n) is 3.73. The van der Waals surface area contributed by atoms with Gasteiger partial charge in [-0.1, -0.05) is 0 Å². The first-order chi connectivity index (χ1) is 9.43. The van der Waals surface area contributed by atoms with Crippen LogP contribution in [0.1, 0.15) is 10.5 Å². The Hall–Kier alpha value is -3.10. The molecule has 1 aromatic carbocycles. The van der Waals surface area contributed by atoms with Gasteiger partial charge >= 0.3 is 11.7 Å². The number of carboxylic acid groups (broad SMARTS) is 1. The summed E-state index contributed by atoms with van der Waals surface area (Å²) in [5.41, 5.74) is -0.611. The molecule has 0 radical (unpaired) electrons. The monoisotopic (exact) mass is 279 g/mol. The van der Waals surface area contributed by atoms with Gasteiger partial charge in [0.2, 0.25) is 5.69 Å². The zero-order valence-corrected chi connectivity index (χ0v) is 10.2. The van der Waals surface area contributed by atoms with Crippen LogP contribution in [0.3, 0.4) is 0 Å². The lowest BCUT2D eigenvalue weighted by molar-refractivity contribution is -0.385. The molecule has 0 aliphatic rings. The van der Waals surface area contributed by atoms with Crippen LogP contribution in [-0.4, -0.2) is 38.0 Å². The van der Waals surface area contributed by atoms with Gasteiger partial charge in [-0.2, -0.15) is 5.10 Å². The molecule has 0 saturated heterocycles. The number of nitro benzene ring substituents is 1. The number of carbonyl (C=O) groups is 1. The number of aromatic carboxylic acids is 1. The Morgan fingerprint density at radius 1 is 1.50 bits per heavy atom. The first kappa shape index (κ1) is 13.3. The van der Waals surface area contributed by atoms with Crippen molar-refractivity contribution >= 4 is 11.7 Å².